The first-order valence-electron chi connectivity index (χ1n) is 4.28. The molecule has 0 aliphatic heterocycles. The van der Waals surface area contributed by atoms with Crippen LogP contribution in [0.3, 0.4) is 0 Å². The fourth-order valence-electron chi connectivity index (χ4n) is 1.02. The molecular formula is C10H17BrN+. The van der Waals surface area contributed by atoms with E-state index in [1.165, 1.54) is 18.4 Å². The van der Waals surface area contributed by atoms with Crippen LogP contribution in [0.1, 0.15) is 25.3 Å². The molecule has 0 fully saturated rings. The first-order valence-corrected chi connectivity index (χ1v) is 4.28. The van der Waals surface area contributed by atoms with Gasteiger partial charge in [0.1, 0.15) is 6.54 Å². The van der Waals surface area contributed by atoms with Crippen molar-refractivity contribution in [2.24, 2.45) is 0 Å². The lowest BCUT2D eigenvalue weighted by Crippen LogP contribution is -2.32. The summed E-state index contributed by atoms with van der Waals surface area (Å²) in [7, 11) is 0. The summed E-state index contributed by atoms with van der Waals surface area (Å²) in [5.41, 5.74) is 1.33. The van der Waals surface area contributed by atoms with Crippen molar-refractivity contribution in [3.8, 4) is 0 Å². The Kier molecular flexibility index (Phi) is 5.99. The van der Waals surface area contributed by atoms with Crippen LogP contribution in [-0.4, -0.2) is 0 Å². The molecule has 1 aromatic rings. The maximum Gasteiger partial charge on any atom is 0.169 e. The van der Waals surface area contributed by atoms with Crippen LogP contribution in [0.4, 0.5) is 0 Å². The third-order valence-corrected chi connectivity index (χ3v) is 1.83. The number of halogens is 1. The molecule has 0 aliphatic carbocycles. The minimum absolute atomic E-state index is 0. The topological polar surface area (TPSA) is 3.88 Å². The van der Waals surface area contributed by atoms with Crippen molar-refractivity contribution in [1.29, 1.82) is 0 Å². The Hall–Kier alpha value is -0.370. The molecule has 1 heterocycles. The third-order valence-electron chi connectivity index (χ3n) is 1.83. The van der Waals surface area contributed by atoms with E-state index < -0.39 is 0 Å². The highest BCUT2D eigenvalue weighted by atomic mass is 79.9. The lowest BCUT2D eigenvalue weighted by atomic mass is 10.3. The number of nitrogens with zero attached hydrogens (tertiary/aromatic N) is 1. The van der Waals surface area contributed by atoms with Gasteiger partial charge < -0.3 is 0 Å². The van der Waals surface area contributed by atoms with Crippen LogP contribution in [0.25, 0.3) is 0 Å². The average Bonchev–Trinajstić information content (AvgIpc) is 2.04. The summed E-state index contributed by atoms with van der Waals surface area (Å²) in [6, 6.07) is 4.30. The second kappa shape index (κ2) is 6.18. The molecule has 0 radical (unpaired) electrons. The summed E-state index contributed by atoms with van der Waals surface area (Å²) in [6.07, 6.45) is 6.82. The molecule has 12 heavy (non-hydrogen) atoms. The van der Waals surface area contributed by atoms with Crippen molar-refractivity contribution in [3.63, 3.8) is 0 Å². The van der Waals surface area contributed by atoms with Crippen LogP contribution >= 0.6 is 17.0 Å². The van der Waals surface area contributed by atoms with Gasteiger partial charge in [-0.2, -0.15) is 0 Å². The average molecular weight is 231 g/mol. The van der Waals surface area contributed by atoms with Gasteiger partial charge in [0.15, 0.2) is 12.4 Å². The van der Waals surface area contributed by atoms with Crippen molar-refractivity contribution in [2.45, 2.75) is 33.2 Å². The summed E-state index contributed by atoms with van der Waals surface area (Å²) < 4.78 is 2.23. The van der Waals surface area contributed by atoms with Gasteiger partial charge in [0.2, 0.25) is 0 Å². The molecule has 2 heteroatoms. The van der Waals surface area contributed by atoms with Crippen molar-refractivity contribution in [2.75, 3.05) is 0 Å². The molecule has 0 N–H and O–H groups in total. The molecule has 68 valence electrons. The molecule has 0 saturated carbocycles. The van der Waals surface area contributed by atoms with Crippen LogP contribution in [0.2, 0.25) is 0 Å². The van der Waals surface area contributed by atoms with E-state index in [2.05, 4.69) is 42.9 Å². The fourth-order valence-corrected chi connectivity index (χ4v) is 1.02. The number of unbranched alkanes of at least 4 members (excludes halogenated alkanes) is 1. The minimum Gasteiger partial charge on any atom is -0.205 e. The van der Waals surface area contributed by atoms with E-state index >= 15 is 0 Å². The summed E-state index contributed by atoms with van der Waals surface area (Å²) in [4.78, 5) is 0. The van der Waals surface area contributed by atoms with Gasteiger partial charge >= 0.3 is 0 Å². The third kappa shape index (κ3) is 3.86. The summed E-state index contributed by atoms with van der Waals surface area (Å²) in [5.74, 6) is 0. The van der Waals surface area contributed by atoms with Gasteiger partial charge in [0.25, 0.3) is 0 Å². The highest BCUT2D eigenvalue weighted by Crippen LogP contribution is 1.91. The zero-order chi connectivity index (χ0) is 8.10. The van der Waals surface area contributed by atoms with E-state index in [1.807, 2.05) is 0 Å². The number of aromatic nitrogens is 1. The van der Waals surface area contributed by atoms with Gasteiger partial charge in [-0.05, 0) is 12.5 Å². The Morgan fingerprint density at radius 1 is 1.25 bits per heavy atom. The van der Waals surface area contributed by atoms with E-state index in [1.54, 1.807) is 0 Å². The van der Waals surface area contributed by atoms with Crippen LogP contribution in [0, 0.1) is 6.92 Å². The zero-order valence-electron chi connectivity index (χ0n) is 7.79. The van der Waals surface area contributed by atoms with Gasteiger partial charge in [0, 0.05) is 18.6 Å². The zero-order valence-corrected chi connectivity index (χ0v) is 9.50. The highest BCUT2D eigenvalue weighted by Gasteiger charge is 1.95. The Morgan fingerprint density at radius 2 is 1.83 bits per heavy atom. The van der Waals surface area contributed by atoms with Crippen LogP contribution in [0.15, 0.2) is 24.5 Å². The van der Waals surface area contributed by atoms with E-state index in [0.717, 1.165) is 6.54 Å². The van der Waals surface area contributed by atoms with Gasteiger partial charge in [-0.15, -0.1) is 17.0 Å². The Bertz CT molecular complexity index is 206. The quantitative estimate of drug-likeness (QED) is 0.704. The maximum absolute atomic E-state index is 2.23. The summed E-state index contributed by atoms with van der Waals surface area (Å²) in [5, 5.41) is 0. The van der Waals surface area contributed by atoms with Crippen molar-refractivity contribution >= 4 is 17.0 Å². The predicted octanol–water partition coefficient (Wildman–Crippen LogP) is 2.66. The Balaban J connectivity index is 0.00000121. The number of hydrogen-bond donors (Lipinski definition) is 0. The number of aryl methyl sites for hydroxylation is 2. The summed E-state index contributed by atoms with van der Waals surface area (Å²) >= 11 is 0. The van der Waals surface area contributed by atoms with Gasteiger partial charge in [-0.1, -0.05) is 13.3 Å². The van der Waals surface area contributed by atoms with Gasteiger partial charge in [-0.25, -0.2) is 4.57 Å². The molecule has 0 unspecified atom stereocenters. The standard InChI is InChI=1S/C10H16N.BrH/c1-3-4-7-11-8-5-10(2)6-9-11;/h5-6,8-9H,3-4,7H2,1-2H3;1H/q+1;. The van der Waals surface area contributed by atoms with E-state index in [4.69, 9.17) is 0 Å². The monoisotopic (exact) mass is 230 g/mol. The lowest BCUT2D eigenvalue weighted by molar-refractivity contribution is -0.697. The van der Waals surface area contributed by atoms with Crippen LogP contribution < -0.4 is 4.57 Å². The highest BCUT2D eigenvalue weighted by molar-refractivity contribution is 8.93. The van der Waals surface area contributed by atoms with E-state index in [-0.39, 0.29) is 17.0 Å². The molecule has 0 saturated heterocycles. The molecule has 0 amide bonds. The Morgan fingerprint density at radius 3 is 2.33 bits per heavy atom. The first kappa shape index (κ1) is 11.6. The van der Waals surface area contributed by atoms with E-state index in [0.29, 0.717) is 0 Å². The fraction of sp³-hybridized carbons (Fsp3) is 0.500. The smallest absolute Gasteiger partial charge is 0.169 e. The van der Waals surface area contributed by atoms with Crippen molar-refractivity contribution in [1.82, 2.24) is 0 Å². The molecule has 0 atom stereocenters. The minimum atomic E-state index is 0. The van der Waals surface area contributed by atoms with Gasteiger partial charge in [-0.3, -0.25) is 0 Å². The molecule has 1 aromatic heterocycles. The van der Waals surface area contributed by atoms with Crippen LogP contribution in [-0.2, 0) is 6.54 Å². The lowest BCUT2D eigenvalue weighted by Gasteiger charge is -1.94. The van der Waals surface area contributed by atoms with Gasteiger partial charge in [0.05, 0.1) is 0 Å². The number of pyridine rings is 1. The number of rotatable bonds is 3. The molecular weight excluding hydrogens is 214 g/mol. The molecule has 1 rings (SSSR count). The van der Waals surface area contributed by atoms with Crippen LogP contribution in [0.5, 0.6) is 0 Å². The van der Waals surface area contributed by atoms with E-state index in [9.17, 15) is 0 Å². The first-order chi connectivity index (χ1) is 5.33. The van der Waals surface area contributed by atoms with Crippen molar-refractivity contribution < 1.29 is 4.57 Å². The second-order valence-electron chi connectivity index (χ2n) is 2.97. The normalized spacial score (nSPS) is 9.17. The molecule has 0 bridgehead atoms. The number of hydrogen-bond acceptors (Lipinski definition) is 0. The molecule has 0 aliphatic rings. The SMILES string of the molecule is Br.CCCC[n+]1ccc(C)cc1. The molecule has 0 spiro atoms. The molecule has 0 aromatic carbocycles. The second-order valence-corrected chi connectivity index (χ2v) is 2.97. The maximum atomic E-state index is 2.23. The largest absolute Gasteiger partial charge is 0.205 e. The molecule has 1 nitrogen and oxygen atoms in total. The summed E-state index contributed by atoms with van der Waals surface area (Å²) in [6.45, 7) is 5.48. The predicted molar refractivity (Wildman–Crippen MR) is 56.6 cm³/mol. The van der Waals surface area contributed by atoms with Crippen molar-refractivity contribution in [3.05, 3.63) is 30.1 Å². The Labute approximate surface area is 85.2 Å².